The number of nitrogens with zero attached hydrogens (tertiary/aromatic N) is 3. The molecule has 0 N–H and O–H groups in total. The Hall–Kier alpha value is -2.92. The van der Waals surface area contributed by atoms with E-state index in [0.717, 1.165) is 20.9 Å². The second-order valence-corrected chi connectivity index (χ2v) is 7.85. The lowest BCUT2D eigenvalue weighted by molar-refractivity contribution is 0.0785. The third-order valence-corrected chi connectivity index (χ3v) is 5.72. The van der Waals surface area contributed by atoms with E-state index in [2.05, 4.69) is 41.6 Å². The average Bonchev–Trinajstić information content (AvgIpc) is 3.23. The topological polar surface area (TPSA) is 38.1 Å². The fraction of sp³-hybridized carbons (Fsp3) is 0.182. The second kappa shape index (κ2) is 7.00. The summed E-state index contributed by atoms with van der Waals surface area (Å²) in [5.41, 5.74) is 5.10. The summed E-state index contributed by atoms with van der Waals surface area (Å²) in [6.45, 7) is 4.67. The molecule has 0 aliphatic carbocycles. The van der Waals surface area contributed by atoms with Gasteiger partial charge in [0.2, 0.25) is 0 Å². The predicted molar refractivity (Wildman–Crippen MR) is 111 cm³/mol. The number of thiazole rings is 1. The Morgan fingerprint density at radius 2 is 1.67 bits per heavy atom. The Kier molecular flexibility index (Phi) is 4.54. The monoisotopic (exact) mass is 375 g/mol. The van der Waals surface area contributed by atoms with Crippen molar-refractivity contribution in [2.45, 2.75) is 20.4 Å². The van der Waals surface area contributed by atoms with Crippen molar-refractivity contribution >= 4 is 27.5 Å². The van der Waals surface area contributed by atoms with E-state index in [4.69, 9.17) is 0 Å². The van der Waals surface area contributed by atoms with Gasteiger partial charge in [-0.05, 0) is 62.4 Å². The first kappa shape index (κ1) is 17.5. The fourth-order valence-corrected chi connectivity index (χ4v) is 4.33. The van der Waals surface area contributed by atoms with Gasteiger partial charge in [0.15, 0.2) is 0 Å². The van der Waals surface area contributed by atoms with Crippen molar-refractivity contribution in [3.05, 3.63) is 82.6 Å². The van der Waals surface area contributed by atoms with Gasteiger partial charge in [0.25, 0.3) is 5.91 Å². The van der Waals surface area contributed by atoms with Crippen LogP contribution in [0.2, 0.25) is 0 Å². The number of carbonyl (C=O) groups excluding carboxylic acids is 1. The zero-order valence-electron chi connectivity index (χ0n) is 15.6. The molecule has 0 saturated heterocycles. The highest BCUT2D eigenvalue weighted by atomic mass is 32.1. The average molecular weight is 375 g/mol. The summed E-state index contributed by atoms with van der Waals surface area (Å²) in [5.74, 6) is 0.00163. The van der Waals surface area contributed by atoms with Gasteiger partial charge < -0.3 is 9.47 Å². The predicted octanol–water partition coefficient (Wildman–Crippen LogP) is 4.98. The Balaban J connectivity index is 1.51. The van der Waals surface area contributed by atoms with Crippen LogP contribution in [-0.4, -0.2) is 27.4 Å². The van der Waals surface area contributed by atoms with Gasteiger partial charge in [-0.3, -0.25) is 4.79 Å². The molecule has 5 heteroatoms. The van der Waals surface area contributed by atoms with E-state index in [1.807, 2.05) is 49.5 Å². The molecule has 0 unspecified atom stereocenters. The molecule has 4 aromatic rings. The highest BCUT2D eigenvalue weighted by molar-refractivity contribution is 7.18. The molecule has 0 atom stereocenters. The molecule has 2 aromatic heterocycles. The Morgan fingerprint density at radius 1 is 1.00 bits per heavy atom. The number of amides is 1. The summed E-state index contributed by atoms with van der Waals surface area (Å²) in [6, 6.07) is 20.0. The summed E-state index contributed by atoms with van der Waals surface area (Å²) in [4.78, 5) is 19.1. The highest BCUT2D eigenvalue weighted by Crippen LogP contribution is 2.23. The van der Waals surface area contributed by atoms with Crippen molar-refractivity contribution in [1.29, 1.82) is 0 Å². The SMILES string of the molecule is Cc1ccc(C)n1-c1ccc(C(=O)N(C)Cc2nc3ccccc3s2)cc1. The van der Waals surface area contributed by atoms with Gasteiger partial charge in [0.05, 0.1) is 16.8 Å². The molecule has 0 spiro atoms. The molecule has 0 radical (unpaired) electrons. The number of fused-ring (bicyclic) bond motifs is 1. The van der Waals surface area contributed by atoms with E-state index in [0.29, 0.717) is 12.1 Å². The lowest BCUT2D eigenvalue weighted by Crippen LogP contribution is -2.26. The summed E-state index contributed by atoms with van der Waals surface area (Å²) in [5, 5.41) is 0.947. The first-order valence-electron chi connectivity index (χ1n) is 8.88. The van der Waals surface area contributed by atoms with Crippen LogP contribution in [-0.2, 0) is 6.54 Å². The Morgan fingerprint density at radius 3 is 2.33 bits per heavy atom. The van der Waals surface area contributed by atoms with Gasteiger partial charge in [-0.2, -0.15) is 0 Å². The quantitative estimate of drug-likeness (QED) is 0.505. The van der Waals surface area contributed by atoms with Crippen LogP contribution in [0.1, 0.15) is 26.8 Å². The van der Waals surface area contributed by atoms with Crippen LogP contribution < -0.4 is 0 Å². The van der Waals surface area contributed by atoms with Crippen LogP contribution in [0.3, 0.4) is 0 Å². The molecule has 4 rings (SSSR count). The minimum absolute atomic E-state index is 0.00163. The molecule has 0 bridgehead atoms. The van der Waals surface area contributed by atoms with Crippen LogP contribution in [0.4, 0.5) is 0 Å². The molecular weight excluding hydrogens is 354 g/mol. The summed E-state index contributed by atoms with van der Waals surface area (Å²) in [6.07, 6.45) is 0. The molecule has 2 heterocycles. The molecule has 0 fully saturated rings. The molecule has 136 valence electrons. The third-order valence-electron chi connectivity index (χ3n) is 4.70. The van der Waals surface area contributed by atoms with Crippen molar-refractivity contribution in [3.8, 4) is 5.69 Å². The molecule has 0 aliphatic heterocycles. The van der Waals surface area contributed by atoms with Crippen molar-refractivity contribution < 1.29 is 4.79 Å². The minimum atomic E-state index is 0.00163. The number of carbonyl (C=O) groups is 1. The number of rotatable bonds is 4. The van der Waals surface area contributed by atoms with Gasteiger partial charge in [-0.15, -0.1) is 11.3 Å². The highest BCUT2D eigenvalue weighted by Gasteiger charge is 2.15. The molecule has 2 aromatic carbocycles. The number of aromatic nitrogens is 2. The van der Waals surface area contributed by atoms with E-state index in [9.17, 15) is 4.79 Å². The van der Waals surface area contributed by atoms with E-state index in [-0.39, 0.29) is 5.91 Å². The number of para-hydroxylation sites is 1. The lowest BCUT2D eigenvalue weighted by Gasteiger charge is -2.16. The Labute approximate surface area is 162 Å². The van der Waals surface area contributed by atoms with E-state index < -0.39 is 0 Å². The van der Waals surface area contributed by atoms with Gasteiger partial charge in [-0.1, -0.05) is 12.1 Å². The number of hydrogen-bond donors (Lipinski definition) is 0. The van der Waals surface area contributed by atoms with Gasteiger partial charge in [0, 0.05) is 29.7 Å². The van der Waals surface area contributed by atoms with Crippen LogP contribution in [0.15, 0.2) is 60.7 Å². The van der Waals surface area contributed by atoms with Crippen molar-refractivity contribution in [2.75, 3.05) is 7.05 Å². The second-order valence-electron chi connectivity index (χ2n) is 6.73. The lowest BCUT2D eigenvalue weighted by atomic mass is 10.1. The number of aryl methyl sites for hydroxylation is 2. The molecule has 27 heavy (non-hydrogen) atoms. The molecule has 4 nitrogen and oxygen atoms in total. The van der Waals surface area contributed by atoms with Crippen molar-refractivity contribution in [3.63, 3.8) is 0 Å². The first-order chi connectivity index (χ1) is 13.0. The smallest absolute Gasteiger partial charge is 0.253 e. The van der Waals surface area contributed by atoms with Gasteiger partial charge in [0.1, 0.15) is 5.01 Å². The van der Waals surface area contributed by atoms with Crippen LogP contribution in [0.25, 0.3) is 15.9 Å². The summed E-state index contributed by atoms with van der Waals surface area (Å²) in [7, 11) is 1.82. The maximum Gasteiger partial charge on any atom is 0.253 e. The molecule has 0 aliphatic rings. The van der Waals surface area contributed by atoms with E-state index >= 15 is 0 Å². The number of hydrogen-bond acceptors (Lipinski definition) is 3. The van der Waals surface area contributed by atoms with Crippen LogP contribution in [0, 0.1) is 13.8 Å². The maximum absolute atomic E-state index is 12.8. The van der Waals surface area contributed by atoms with Crippen LogP contribution >= 0.6 is 11.3 Å². The first-order valence-corrected chi connectivity index (χ1v) is 9.70. The van der Waals surface area contributed by atoms with Crippen molar-refractivity contribution in [2.24, 2.45) is 0 Å². The van der Waals surface area contributed by atoms with E-state index in [1.54, 1.807) is 16.2 Å². The van der Waals surface area contributed by atoms with Gasteiger partial charge >= 0.3 is 0 Å². The third kappa shape index (κ3) is 3.38. The Bertz CT molecular complexity index is 1060. The summed E-state index contributed by atoms with van der Waals surface area (Å²) < 4.78 is 3.33. The summed E-state index contributed by atoms with van der Waals surface area (Å²) >= 11 is 1.63. The molecule has 0 saturated carbocycles. The fourth-order valence-electron chi connectivity index (χ4n) is 3.31. The minimum Gasteiger partial charge on any atom is -0.335 e. The largest absolute Gasteiger partial charge is 0.335 e. The molecule has 1 amide bonds. The normalized spacial score (nSPS) is 11.1. The van der Waals surface area contributed by atoms with E-state index in [1.165, 1.54) is 11.4 Å². The number of benzene rings is 2. The maximum atomic E-state index is 12.8. The standard InChI is InChI=1S/C22H21N3OS/c1-15-8-9-16(2)25(15)18-12-10-17(11-13-18)22(26)24(3)14-21-23-19-6-4-5-7-20(19)27-21/h4-13H,14H2,1-3H3. The molecular formula is C22H21N3OS. The van der Waals surface area contributed by atoms with Gasteiger partial charge in [-0.25, -0.2) is 4.98 Å². The van der Waals surface area contributed by atoms with Crippen molar-refractivity contribution in [1.82, 2.24) is 14.5 Å². The van der Waals surface area contributed by atoms with Crippen LogP contribution in [0.5, 0.6) is 0 Å². The zero-order chi connectivity index (χ0) is 19.0. The zero-order valence-corrected chi connectivity index (χ0v) is 16.5.